The average Bonchev–Trinajstić information content (AvgIpc) is 2.18. The van der Waals surface area contributed by atoms with Crippen LogP contribution in [0.2, 0.25) is 0 Å². The molecular weight excluding hydrogens is 176 g/mol. The van der Waals surface area contributed by atoms with Crippen molar-refractivity contribution in [2.45, 2.75) is 13.0 Å². The number of aryl methyl sites for hydroxylation is 1. The molecule has 76 valence electrons. The largest absolute Gasteiger partial charge is 0.399 e. The SMILES string of the molecule is Cc1cc(N)cc([C@H]2COCCN2)c1. The van der Waals surface area contributed by atoms with Crippen molar-refractivity contribution in [3.05, 3.63) is 29.3 Å². The van der Waals surface area contributed by atoms with Crippen molar-refractivity contribution in [2.75, 3.05) is 25.5 Å². The Bertz CT molecular complexity index is 299. The molecule has 0 saturated carbocycles. The maximum absolute atomic E-state index is 5.80. The molecule has 1 aromatic rings. The summed E-state index contributed by atoms with van der Waals surface area (Å²) in [5.74, 6) is 0. The highest BCUT2D eigenvalue weighted by molar-refractivity contribution is 5.45. The van der Waals surface area contributed by atoms with Gasteiger partial charge in [-0.25, -0.2) is 0 Å². The van der Waals surface area contributed by atoms with Crippen LogP contribution in [0.15, 0.2) is 18.2 Å². The summed E-state index contributed by atoms with van der Waals surface area (Å²) in [6.45, 7) is 4.52. The van der Waals surface area contributed by atoms with Crippen LogP contribution >= 0.6 is 0 Å². The molecule has 1 fully saturated rings. The molecule has 1 saturated heterocycles. The van der Waals surface area contributed by atoms with Gasteiger partial charge in [-0.2, -0.15) is 0 Å². The summed E-state index contributed by atoms with van der Waals surface area (Å²) < 4.78 is 5.41. The number of morpholine rings is 1. The van der Waals surface area contributed by atoms with Crippen LogP contribution < -0.4 is 11.1 Å². The summed E-state index contributed by atoms with van der Waals surface area (Å²) in [6, 6.07) is 6.45. The van der Waals surface area contributed by atoms with Crippen LogP contribution in [0.4, 0.5) is 5.69 Å². The van der Waals surface area contributed by atoms with E-state index in [9.17, 15) is 0 Å². The number of ether oxygens (including phenoxy) is 1. The maximum Gasteiger partial charge on any atom is 0.0662 e. The summed E-state index contributed by atoms with van der Waals surface area (Å²) in [4.78, 5) is 0. The summed E-state index contributed by atoms with van der Waals surface area (Å²) in [5.41, 5.74) is 9.05. The number of hydrogen-bond donors (Lipinski definition) is 2. The van der Waals surface area contributed by atoms with Gasteiger partial charge in [0.1, 0.15) is 0 Å². The molecule has 3 heteroatoms. The van der Waals surface area contributed by atoms with Crippen molar-refractivity contribution < 1.29 is 4.74 Å². The third-order valence-electron chi connectivity index (χ3n) is 2.45. The van der Waals surface area contributed by atoms with E-state index in [1.165, 1.54) is 11.1 Å². The number of anilines is 1. The minimum Gasteiger partial charge on any atom is -0.399 e. The molecule has 0 aromatic heterocycles. The fourth-order valence-electron chi connectivity index (χ4n) is 1.82. The van der Waals surface area contributed by atoms with Gasteiger partial charge in [0.05, 0.1) is 19.3 Å². The lowest BCUT2D eigenvalue weighted by Crippen LogP contribution is -2.34. The molecule has 0 unspecified atom stereocenters. The van der Waals surface area contributed by atoms with Crippen LogP contribution in [0.25, 0.3) is 0 Å². The van der Waals surface area contributed by atoms with Gasteiger partial charge in [0, 0.05) is 12.2 Å². The second-order valence-electron chi connectivity index (χ2n) is 3.76. The third kappa shape index (κ3) is 2.05. The zero-order valence-corrected chi connectivity index (χ0v) is 8.42. The molecule has 1 aliphatic rings. The summed E-state index contributed by atoms with van der Waals surface area (Å²) in [6.07, 6.45) is 0. The van der Waals surface area contributed by atoms with Gasteiger partial charge < -0.3 is 15.8 Å². The van der Waals surface area contributed by atoms with Gasteiger partial charge in [-0.1, -0.05) is 6.07 Å². The minimum absolute atomic E-state index is 0.297. The molecule has 14 heavy (non-hydrogen) atoms. The highest BCUT2D eigenvalue weighted by Crippen LogP contribution is 2.20. The van der Waals surface area contributed by atoms with Crippen molar-refractivity contribution in [3.8, 4) is 0 Å². The Morgan fingerprint density at radius 2 is 2.29 bits per heavy atom. The van der Waals surface area contributed by atoms with Crippen LogP contribution in [-0.2, 0) is 4.74 Å². The topological polar surface area (TPSA) is 47.3 Å². The van der Waals surface area contributed by atoms with Gasteiger partial charge in [-0.05, 0) is 30.2 Å². The second-order valence-corrected chi connectivity index (χ2v) is 3.76. The third-order valence-corrected chi connectivity index (χ3v) is 2.45. The lowest BCUT2D eigenvalue weighted by molar-refractivity contribution is 0.0769. The first-order chi connectivity index (χ1) is 6.75. The normalized spacial score (nSPS) is 22.2. The summed E-state index contributed by atoms with van der Waals surface area (Å²) in [7, 11) is 0. The van der Waals surface area contributed by atoms with Crippen LogP contribution in [-0.4, -0.2) is 19.8 Å². The Hall–Kier alpha value is -1.06. The Labute approximate surface area is 84.3 Å². The molecule has 1 heterocycles. The van der Waals surface area contributed by atoms with E-state index in [4.69, 9.17) is 10.5 Å². The molecule has 0 amide bonds. The van der Waals surface area contributed by atoms with E-state index < -0.39 is 0 Å². The summed E-state index contributed by atoms with van der Waals surface area (Å²) >= 11 is 0. The van der Waals surface area contributed by atoms with Gasteiger partial charge in [0.25, 0.3) is 0 Å². The van der Waals surface area contributed by atoms with Crippen LogP contribution in [0.5, 0.6) is 0 Å². The molecule has 1 aromatic carbocycles. The fraction of sp³-hybridized carbons (Fsp3) is 0.455. The average molecular weight is 192 g/mol. The number of nitrogens with two attached hydrogens (primary N) is 1. The minimum atomic E-state index is 0.297. The van der Waals surface area contributed by atoms with Gasteiger partial charge in [-0.3, -0.25) is 0 Å². The van der Waals surface area contributed by atoms with Crippen LogP contribution in [0, 0.1) is 6.92 Å². The monoisotopic (exact) mass is 192 g/mol. The van der Waals surface area contributed by atoms with Crippen molar-refractivity contribution in [2.24, 2.45) is 0 Å². The Morgan fingerprint density at radius 3 is 2.93 bits per heavy atom. The lowest BCUT2D eigenvalue weighted by Gasteiger charge is -2.24. The van der Waals surface area contributed by atoms with Gasteiger partial charge >= 0.3 is 0 Å². The van der Waals surface area contributed by atoms with E-state index in [-0.39, 0.29) is 0 Å². The van der Waals surface area contributed by atoms with E-state index in [1.807, 2.05) is 12.1 Å². The maximum atomic E-state index is 5.80. The quantitative estimate of drug-likeness (QED) is 0.658. The molecule has 0 spiro atoms. The molecule has 2 rings (SSSR count). The molecule has 3 nitrogen and oxygen atoms in total. The zero-order chi connectivity index (χ0) is 9.97. The molecule has 1 aliphatic heterocycles. The molecule has 3 N–H and O–H groups in total. The smallest absolute Gasteiger partial charge is 0.0662 e. The van der Waals surface area contributed by atoms with Crippen molar-refractivity contribution in [1.82, 2.24) is 5.32 Å². The number of nitrogen functional groups attached to an aromatic ring is 1. The predicted molar refractivity (Wildman–Crippen MR) is 57.2 cm³/mol. The van der Waals surface area contributed by atoms with Crippen molar-refractivity contribution in [3.63, 3.8) is 0 Å². The highest BCUT2D eigenvalue weighted by atomic mass is 16.5. The second kappa shape index (κ2) is 3.98. The molecule has 0 radical (unpaired) electrons. The zero-order valence-electron chi connectivity index (χ0n) is 8.42. The number of nitrogens with one attached hydrogen (secondary N) is 1. The van der Waals surface area contributed by atoms with E-state index in [2.05, 4.69) is 18.3 Å². The molecule has 0 aliphatic carbocycles. The summed E-state index contributed by atoms with van der Waals surface area (Å²) in [5, 5.41) is 3.41. The van der Waals surface area contributed by atoms with Crippen LogP contribution in [0.1, 0.15) is 17.2 Å². The van der Waals surface area contributed by atoms with E-state index in [0.717, 1.165) is 25.4 Å². The molecule has 0 bridgehead atoms. The van der Waals surface area contributed by atoms with Crippen LogP contribution in [0.3, 0.4) is 0 Å². The van der Waals surface area contributed by atoms with Crippen molar-refractivity contribution >= 4 is 5.69 Å². The highest BCUT2D eigenvalue weighted by Gasteiger charge is 2.15. The van der Waals surface area contributed by atoms with Gasteiger partial charge in [-0.15, -0.1) is 0 Å². The molecule has 1 atom stereocenters. The first-order valence-corrected chi connectivity index (χ1v) is 4.94. The van der Waals surface area contributed by atoms with Crippen molar-refractivity contribution in [1.29, 1.82) is 0 Å². The van der Waals surface area contributed by atoms with E-state index in [1.54, 1.807) is 0 Å². The molecular formula is C11H16N2O. The number of rotatable bonds is 1. The van der Waals surface area contributed by atoms with Gasteiger partial charge in [0.15, 0.2) is 0 Å². The Balaban J connectivity index is 2.21. The predicted octanol–water partition coefficient (Wildman–Crippen LogP) is 1.24. The van der Waals surface area contributed by atoms with Gasteiger partial charge in [0.2, 0.25) is 0 Å². The first kappa shape index (κ1) is 9.49. The Kier molecular flexibility index (Phi) is 2.70. The number of benzene rings is 1. The first-order valence-electron chi connectivity index (χ1n) is 4.94. The lowest BCUT2D eigenvalue weighted by atomic mass is 10.0. The number of hydrogen-bond acceptors (Lipinski definition) is 3. The fourth-order valence-corrected chi connectivity index (χ4v) is 1.82. The van der Waals surface area contributed by atoms with E-state index >= 15 is 0 Å². The standard InChI is InChI=1S/C11H16N2O/c1-8-4-9(6-10(12)5-8)11-7-14-3-2-13-11/h4-6,11,13H,2-3,7,12H2,1H3/t11-/m1/s1. The Morgan fingerprint density at radius 1 is 1.43 bits per heavy atom. The van der Waals surface area contributed by atoms with E-state index in [0.29, 0.717) is 6.04 Å².